The molecule has 0 aliphatic heterocycles. The summed E-state index contributed by atoms with van der Waals surface area (Å²) in [6.07, 6.45) is 1.46. The number of nitrogens with one attached hydrogen (secondary N) is 2. The molecular formula is C30H25ClFN5O2. The first kappa shape index (κ1) is 26.1. The van der Waals surface area contributed by atoms with E-state index < -0.39 is 5.82 Å². The summed E-state index contributed by atoms with van der Waals surface area (Å²) in [5.74, 6) is 0.668. The Bertz CT molecular complexity index is 1640. The maximum absolute atomic E-state index is 13.5. The lowest BCUT2D eigenvalue weighted by Crippen LogP contribution is -2.13. The lowest BCUT2D eigenvalue weighted by Gasteiger charge is -2.13. The third-order valence-corrected chi connectivity index (χ3v) is 6.12. The molecule has 5 rings (SSSR count). The molecule has 7 nitrogen and oxygen atoms in total. The van der Waals surface area contributed by atoms with Gasteiger partial charge in [-0.2, -0.15) is 0 Å². The molecule has 0 bridgehead atoms. The number of halogens is 2. The van der Waals surface area contributed by atoms with Gasteiger partial charge in [0.1, 0.15) is 29.5 Å². The molecule has 4 aromatic carbocycles. The van der Waals surface area contributed by atoms with Crippen molar-refractivity contribution in [2.75, 3.05) is 24.7 Å². The van der Waals surface area contributed by atoms with Crippen LogP contribution in [0.25, 0.3) is 10.9 Å². The molecule has 0 fully saturated rings. The Morgan fingerprint density at radius 3 is 2.49 bits per heavy atom. The molecule has 9 heteroatoms. The third-order valence-electron chi connectivity index (χ3n) is 5.83. The van der Waals surface area contributed by atoms with Gasteiger partial charge in [0.15, 0.2) is 0 Å². The molecule has 1 amide bonds. The van der Waals surface area contributed by atoms with Crippen molar-refractivity contribution in [2.45, 2.75) is 6.54 Å². The molecular weight excluding hydrogens is 517 g/mol. The molecule has 0 spiro atoms. The SMILES string of the molecule is CN(C)Cc1ccc(C(=O)Nc2ccc3ncnc(Nc4ccc(Oc5cccc(F)c5)c(Cl)c4)c3c2)cc1. The van der Waals surface area contributed by atoms with Crippen molar-refractivity contribution in [1.82, 2.24) is 14.9 Å². The molecule has 0 atom stereocenters. The quantitative estimate of drug-likeness (QED) is 0.215. The van der Waals surface area contributed by atoms with Crippen LogP contribution in [0.1, 0.15) is 15.9 Å². The third kappa shape index (κ3) is 6.49. The van der Waals surface area contributed by atoms with Gasteiger partial charge in [-0.25, -0.2) is 14.4 Å². The van der Waals surface area contributed by atoms with Gasteiger partial charge in [-0.1, -0.05) is 29.8 Å². The van der Waals surface area contributed by atoms with E-state index in [0.717, 1.165) is 12.1 Å². The molecule has 0 radical (unpaired) electrons. The number of rotatable bonds is 8. The maximum atomic E-state index is 13.5. The Kier molecular flexibility index (Phi) is 7.67. The highest BCUT2D eigenvalue weighted by molar-refractivity contribution is 6.32. The van der Waals surface area contributed by atoms with Crippen molar-refractivity contribution in [3.8, 4) is 11.5 Å². The van der Waals surface area contributed by atoms with Crippen molar-refractivity contribution in [1.29, 1.82) is 0 Å². The molecule has 39 heavy (non-hydrogen) atoms. The van der Waals surface area contributed by atoms with Crippen LogP contribution in [0.3, 0.4) is 0 Å². The van der Waals surface area contributed by atoms with E-state index >= 15 is 0 Å². The molecule has 0 unspecified atom stereocenters. The number of ether oxygens (including phenoxy) is 1. The van der Waals surface area contributed by atoms with E-state index in [1.54, 1.807) is 36.4 Å². The second kappa shape index (κ2) is 11.5. The van der Waals surface area contributed by atoms with Crippen LogP contribution in [0.2, 0.25) is 5.02 Å². The molecule has 0 saturated carbocycles. The average molecular weight is 542 g/mol. The normalized spacial score (nSPS) is 11.0. The Morgan fingerprint density at radius 1 is 0.949 bits per heavy atom. The van der Waals surface area contributed by atoms with Gasteiger partial charge in [-0.05, 0) is 80.3 Å². The predicted octanol–water partition coefficient (Wildman–Crippen LogP) is 7.27. The van der Waals surface area contributed by atoms with E-state index in [4.69, 9.17) is 16.3 Å². The van der Waals surface area contributed by atoms with Crippen LogP contribution >= 0.6 is 11.6 Å². The summed E-state index contributed by atoms with van der Waals surface area (Å²) in [7, 11) is 4.00. The zero-order valence-corrected chi connectivity index (χ0v) is 22.0. The number of aromatic nitrogens is 2. The van der Waals surface area contributed by atoms with Crippen molar-refractivity contribution < 1.29 is 13.9 Å². The van der Waals surface area contributed by atoms with Gasteiger partial charge in [-0.15, -0.1) is 0 Å². The van der Waals surface area contributed by atoms with Crippen molar-refractivity contribution >= 4 is 45.6 Å². The second-order valence-electron chi connectivity index (χ2n) is 9.17. The van der Waals surface area contributed by atoms with Gasteiger partial charge >= 0.3 is 0 Å². The van der Waals surface area contributed by atoms with E-state index in [2.05, 4.69) is 25.5 Å². The first-order valence-corrected chi connectivity index (χ1v) is 12.5. The molecule has 0 aliphatic carbocycles. The standard InChI is InChI=1S/C30H25ClFN5O2/c1-37(2)17-19-6-8-20(9-7-19)30(38)36-22-10-12-27-25(15-22)29(34-18-33-27)35-23-11-13-28(26(31)16-23)39-24-5-3-4-21(32)14-24/h3-16,18H,17H2,1-2H3,(H,36,38)(H,33,34,35). The largest absolute Gasteiger partial charge is 0.456 e. The highest BCUT2D eigenvalue weighted by atomic mass is 35.5. The summed E-state index contributed by atoms with van der Waals surface area (Å²) in [4.78, 5) is 23.7. The Labute approximate surface area is 230 Å². The molecule has 0 saturated heterocycles. The first-order valence-electron chi connectivity index (χ1n) is 12.1. The minimum Gasteiger partial charge on any atom is -0.456 e. The lowest BCUT2D eigenvalue weighted by molar-refractivity contribution is 0.102. The van der Waals surface area contributed by atoms with Crippen molar-refractivity contribution in [3.05, 3.63) is 113 Å². The zero-order valence-electron chi connectivity index (χ0n) is 21.3. The fraction of sp³-hybridized carbons (Fsp3) is 0.100. The van der Waals surface area contributed by atoms with Gasteiger partial charge in [0, 0.05) is 34.9 Å². The number of anilines is 3. The van der Waals surface area contributed by atoms with Crippen LogP contribution in [-0.4, -0.2) is 34.9 Å². The van der Waals surface area contributed by atoms with Gasteiger partial charge in [0.2, 0.25) is 0 Å². The van der Waals surface area contributed by atoms with E-state index in [1.165, 1.54) is 18.5 Å². The molecule has 1 heterocycles. The number of hydrogen-bond acceptors (Lipinski definition) is 6. The number of amides is 1. The monoisotopic (exact) mass is 541 g/mol. The van der Waals surface area contributed by atoms with E-state index in [9.17, 15) is 9.18 Å². The van der Waals surface area contributed by atoms with Crippen molar-refractivity contribution in [3.63, 3.8) is 0 Å². The summed E-state index contributed by atoms with van der Waals surface area (Å²) < 4.78 is 19.2. The van der Waals surface area contributed by atoms with Gasteiger partial charge in [-0.3, -0.25) is 4.79 Å². The Hall–Kier alpha value is -4.53. The number of carbonyl (C=O) groups is 1. The van der Waals surface area contributed by atoms with Crippen LogP contribution < -0.4 is 15.4 Å². The highest BCUT2D eigenvalue weighted by Gasteiger charge is 2.11. The van der Waals surface area contributed by atoms with E-state index in [-0.39, 0.29) is 5.91 Å². The molecule has 5 aromatic rings. The average Bonchev–Trinajstić information content (AvgIpc) is 2.91. The molecule has 196 valence electrons. The summed E-state index contributed by atoms with van der Waals surface area (Å²) in [6, 6.07) is 24.0. The molecule has 0 aliphatic rings. The Balaban J connectivity index is 1.33. The minimum absolute atomic E-state index is 0.210. The van der Waals surface area contributed by atoms with Gasteiger partial charge in [0.25, 0.3) is 5.91 Å². The number of nitrogens with zero attached hydrogens (tertiary/aromatic N) is 3. The van der Waals surface area contributed by atoms with Crippen LogP contribution in [0, 0.1) is 5.82 Å². The zero-order chi connectivity index (χ0) is 27.4. The summed E-state index contributed by atoms with van der Waals surface area (Å²) >= 11 is 6.44. The minimum atomic E-state index is -0.397. The number of benzene rings is 4. The molecule has 2 N–H and O–H groups in total. The van der Waals surface area contributed by atoms with Crippen LogP contribution in [0.15, 0.2) is 91.3 Å². The Morgan fingerprint density at radius 2 is 1.74 bits per heavy atom. The maximum Gasteiger partial charge on any atom is 0.255 e. The lowest BCUT2D eigenvalue weighted by atomic mass is 10.1. The number of fused-ring (bicyclic) bond motifs is 1. The summed E-state index contributed by atoms with van der Waals surface area (Å²) in [6.45, 7) is 0.802. The first-order chi connectivity index (χ1) is 18.8. The highest BCUT2D eigenvalue weighted by Crippen LogP contribution is 2.34. The fourth-order valence-corrected chi connectivity index (χ4v) is 4.24. The summed E-state index contributed by atoms with van der Waals surface area (Å²) in [5, 5.41) is 7.26. The number of hydrogen-bond donors (Lipinski definition) is 2. The summed E-state index contributed by atoms with van der Waals surface area (Å²) in [5.41, 5.74) is 3.67. The smallest absolute Gasteiger partial charge is 0.255 e. The fourth-order valence-electron chi connectivity index (χ4n) is 4.02. The van der Waals surface area contributed by atoms with Crippen molar-refractivity contribution in [2.24, 2.45) is 0 Å². The van der Waals surface area contributed by atoms with Crippen LogP contribution in [0.5, 0.6) is 11.5 Å². The molecule has 1 aromatic heterocycles. The van der Waals surface area contributed by atoms with Gasteiger partial charge in [0.05, 0.1) is 10.5 Å². The van der Waals surface area contributed by atoms with E-state index in [1.807, 2.05) is 50.5 Å². The van der Waals surface area contributed by atoms with E-state index in [0.29, 0.717) is 50.2 Å². The van der Waals surface area contributed by atoms with Crippen LogP contribution in [-0.2, 0) is 6.54 Å². The second-order valence-corrected chi connectivity index (χ2v) is 9.58. The van der Waals surface area contributed by atoms with Crippen LogP contribution in [0.4, 0.5) is 21.6 Å². The van der Waals surface area contributed by atoms with Gasteiger partial charge < -0.3 is 20.3 Å². The number of carbonyl (C=O) groups excluding carboxylic acids is 1. The topological polar surface area (TPSA) is 79.4 Å². The predicted molar refractivity (Wildman–Crippen MR) is 153 cm³/mol.